The summed E-state index contributed by atoms with van der Waals surface area (Å²) in [5.41, 5.74) is 0. The molecular formula is C5H13O3SSi. The number of hydrogen-bond acceptors (Lipinski definition) is 2. The largest absolute Gasteiger partial charge is 0.291 e. The lowest BCUT2D eigenvalue weighted by molar-refractivity contribution is 0.498. The van der Waals surface area contributed by atoms with Gasteiger partial charge in [0.25, 0.3) is 0 Å². The van der Waals surface area contributed by atoms with Gasteiger partial charge in [-0.25, -0.2) is 8.42 Å². The van der Waals surface area contributed by atoms with Gasteiger partial charge in [0.1, 0.15) is 0 Å². The molecule has 0 bridgehead atoms. The third kappa shape index (κ3) is 2.40. The van der Waals surface area contributed by atoms with Crippen molar-refractivity contribution in [1.29, 1.82) is 0 Å². The topological polar surface area (TPSA) is 54.4 Å². The maximum absolute atomic E-state index is 10.6. The van der Waals surface area contributed by atoms with Gasteiger partial charge in [0.05, 0.1) is 0 Å². The van der Waals surface area contributed by atoms with Crippen LogP contribution in [0.1, 0.15) is 6.42 Å². The molecule has 3 nitrogen and oxygen atoms in total. The first-order valence-electron chi connectivity index (χ1n) is 3.07. The summed E-state index contributed by atoms with van der Waals surface area (Å²) in [5, 5.41) is 0. The Balaban J connectivity index is 4.42. The fourth-order valence-corrected chi connectivity index (χ4v) is 2.87. The average Bonchev–Trinajstić information content (AvgIpc) is 1.61. The van der Waals surface area contributed by atoms with E-state index in [-0.39, 0.29) is 0 Å². The first kappa shape index (κ1) is 10.1. The monoisotopic (exact) mass is 181 g/mol. The minimum Gasteiger partial charge on any atom is -0.291 e. The molecule has 10 heavy (non-hydrogen) atoms. The molecule has 61 valence electrons. The minimum atomic E-state index is -3.77. The van der Waals surface area contributed by atoms with Crippen LogP contribution < -0.4 is 0 Å². The fraction of sp³-hybridized carbons (Fsp3) is 0.800. The molecule has 0 aliphatic rings. The molecule has 0 aromatic heterocycles. The molecule has 0 aromatic rings. The summed E-state index contributed by atoms with van der Waals surface area (Å²) >= 11 is 0. The first-order chi connectivity index (χ1) is 4.31. The maximum atomic E-state index is 10.6. The molecule has 0 amide bonds. The van der Waals surface area contributed by atoms with E-state index in [1.165, 1.54) is 0 Å². The Morgan fingerprint density at radius 1 is 1.50 bits per heavy atom. The predicted octanol–water partition coefficient (Wildman–Crippen LogP) is 1.30. The molecule has 0 saturated heterocycles. The van der Waals surface area contributed by atoms with Crippen molar-refractivity contribution >= 4 is 16.8 Å². The second-order valence-electron chi connectivity index (χ2n) is 2.84. The zero-order chi connectivity index (χ0) is 8.41. The van der Waals surface area contributed by atoms with Crippen LogP contribution in [0.5, 0.6) is 0 Å². The Kier molecular flexibility index (Phi) is 3.06. The van der Waals surface area contributed by atoms with Crippen LogP contribution in [0.3, 0.4) is 0 Å². The molecule has 0 atom stereocenters. The van der Waals surface area contributed by atoms with E-state index < -0.39 is 16.8 Å². The summed E-state index contributed by atoms with van der Waals surface area (Å²) in [6.45, 7) is 6.78. The van der Waals surface area contributed by atoms with Crippen molar-refractivity contribution < 1.29 is 13.0 Å². The SMILES string of the molecule is [CH2]CC[Si](C)(C)S(=O)(=O)O. The van der Waals surface area contributed by atoms with E-state index in [1.807, 2.05) is 0 Å². The Bertz CT molecular complexity index is 195. The third-order valence-corrected chi connectivity index (χ3v) is 9.23. The summed E-state index contributed by atoms with van der Waals surface area (Å²) in [4.78, 5) is 0. The quantitative estimate of drug-likeness (QED) is 0.527. The molecule has 0 aromatic carbocycles. The van der Waals surface area contributed by atoms with Crippen molar-refractivity contribution in [3.05, 3.63) is 6.92 Å². The highest BCUT2D eigenvalue weighted by atomic mass is 32.4. The highest BCUT2D eigenvalue weighted by Crippen LogP contribution is 2.16. The minimum absolute atomic E-state index is 0.520. The normalized spacial score (nSPS) is 13.6. The van der Waals surface area contributed by atoms with Crippen molar-refractivity contribution in [3.63, 3.8) is 0 Å². The lowest BCUT2D eigenvalue weighted by atomic mass is 10.6. The lowest BCUT2D eigenvalue weighted by Crippen LogP contribution is -2.36. The van der Waals surface area contributed by atoms with Crippen LogP contribution in [0.15, 0.2) is 0 Å². The van der Waals surface area contributed by atoms with E-state index in [2.05, 4.69) is 6.92 Å². The summed E-state index contributed by atoms with van der Waals surface area (Å²) in [6.07, 6.45) is 0.568. The zero-order valence-corrected chi connectivity index (χ0v) is 8.11. The summed E-state index contributed by atoms with van der Waals surface area (Å²) in [5.74, 6) is 0. The van der Waals surface area contributed by atoms with Crippen molar-refractivity contribution in [2.75, 3.05) is 0 Å². The van der Waals surface area contributed by atoms with Crippen LogP contribution >= 0.6 is 0 Å². The smallest absolute Gasteiger partial charge is 0.227 e. The van der Waals surface area contributed by atoms with Gasteiger partial charge in [0, 0.05) is 0 Å². The highest BCUT2D eigenvalue weighted by molar-refractivity contribution is 8.17. The van der Waals surface area contributed by atoms with Crippen LogP contribution in [0.4, 0.5) is 0 Å². The molecule has 0 spiro atoms. The Labute approximate surface area is 62.9 Å². The second-order valence-corrected chi connectivity index (χ2v) is 12.7. The number of rotatable bonds is 3. The van der Waals surface area contributed by atoms with Gasteiger partial charge >= 0.3 is 0 Å². The van der Waals surface area contributed by atoms with Gasteiger partial charge in [-0.1, -0.05) is 26.4 Å². The van der Waals surface area contributed by atoms with E-state index >= 15 is 0 Å². The van der Waals surface area contributed by atoms with Crippen LogP contribution in [0, 0.1) is 6.92 Å². The van der Waals surface area contributed by atoms with Gasteiger partial charge in [-0.2, -0.15) is 0 Å². The van der Waals surface area contributed by atoms with E-state index in [0.29, 0.717) is 12.5 Å². The molecule has 0 heterocycles. The lowest BCUT2D eigenvalue weighted by Gasteiger charge is -2.15. The Morgan fingerprint density at radius 2 is 1.90 bits per heavy atom. The van der Waals surface area contributed by atoms with Crippen molar-refractivity contribution in [1.82, 2.24) is 0 Å². The summed E-state index contributed by atoms with van der Waals surface area (Å²) < 4.78 is 29.9. The van der Waals surface area contributed by atoms with Gasteiger partial charge in [-0.15, -0.1) is 0 Å². The van der Waals surface area contributed by atoms with Gasteiger partial charge < -0.3 is 0 Å². The van der Waals surface area contributed by atoms with Crippen molar-refractivity contribution in [2.24, 2.45) is 0 Å². The average molecular weight is 181 g/mol. The van der Waals surface area contributed by atoms with Crippen LogP contribution in [-0.4, -0.2) is 20.2 Å². The molecular weight excluding hydrogens is 168 g/mol. The predicted molar refractivity (Wildman–Crippen MR) is 43.8 cm³/mol. The van der Waals surface area contributed by atoms with Crippen molar-refractivity contribution in [2.45, 2.75) is 25.6 Å². The molecule has 1 N–H and O–H groups in total. The fourth-order valence-electron chi connectivity index (χ4n) is 0.555. The standard InChI is InChI=1S/C5H13O3SSi/c1-4-5-10(2,3)9(6,7)8/h1,4-5H2,2-3H3,(H,6,7,8). The van der Waals surface area contributed by atoms with Gasteiger partial charge in [0.15, 0.2) is 0 Å². The molecule has 0 saturated carbocycles. The van der Waals surface area contributed by atoms with Gasteiger partial charge in [-0.05, 0) is 6.04 Å². The zero-order valence-electron chi connectivity index (χ0n) is 6.29. The summed E-state index contributed by atoms with van der Waals surface area (Å²) in [6, 6.07) is 0.520. The first-order valence-corrected chi connectivity index (χ1v) is 8.45. The summed E-state index contributed by atoms with van der Waals surface area (Å²) in [7, 11) is -6.21. The van der Waals surface area contributed by atoms with E-state index in [9.17, 15) is 8.42 Å². The highest BCUT2D eigenvalue weighted by Gasteiger charge is 2.34. The van der Waals surface area contributed by atoms with Crippen LogP contribution in [0.2, 0.25) is 19.1 Å². The molecule has 0 aliphatic carbocycles. The molecule has 5 heteroatoms. The second kappa shape index (κ2) is 3.02. The Morgan fingerprint density at radius 3 is 2.00 bits per heavy atom. The van der Waals surface area contributed by atoms with Crippen LogP contribution in [0.25, 0.3) is 0 Å². The van der Waals surface area contributed by atoms with E-state index in [0.717, 1.165) is 0 Å². The molecule has 0 aliphatic heterocycles. The molecule has 0 fully saturated rings. The molecule has 0 unspecified atom stereocenters. The van der Waals surface area contributed by atoms with Gasteiger partial charge in [0.2, 0.25) is 16.8 Å². The van der Waals surface area contributed by atoms with Gasteiger partial charge in [-0.3, -0.25) is 4.55 Å². The number of hydrogen-bond donors (Lipinski definition) is 1. The molecule has 0 rings (SSSR count). The maximum Gasteiger partial charge on any atom is 0.227 e. The Hall–Kier alpha value is 0.127. The van der Waals surface area contributed by atoms with Crippen molar-refractivity contribution in [3.8, 4) is 0 Å². The molecule has 1 radical (unpaired) electrons. The third-order valence-electron chi connectivity index (χ3n) is 1.48. The van der Waals surface area contributed by atoms with E-state index in [1.54, 1.807) is 13.1 Å². The van der Waals surface area contributed by atoms with E-state index in [4.69, 9.17) is 4.55 Å². The van der Waals surface area contributed by atoms with Crippen LogP contribution in [-0.2, 0) is 9.57 Å².